The van der Waals surface area contributed by atoms with Gasteiger partial charge < -0.3 is 4.90 Å². The molecule has 2 amide bonds. The molecule has 5 heteroatoms. The van der Waals surface area contributed by atoms with Crippen LogP contribution in [0, 0.1) is 5.41 Å². The fraction of sp³-hybridized carbons (Fsp3) is 0.280. The number of hydroxylamine groups is 1. The number of carbonyl (C=O) groups excluding carboxylic acids is 2. The highest BCUT2D eigenvalue weighted by Crippen LogP contribution is 2.44. The summed E-state index contributed by atoms with van der Waals surface area (Å²) in [6.07, 6.45) is 3.18. The van der Waals surface area contributed by atoms with E-state index in [1.807, 2.05) is 29.2 Å². The lowest BCUT2D eigenvalue weighted by Gasteiger charge is -2.33. The molecule has 5 nitrogen and oxygen atoms in total. The normalized spacial score (nSPS) is 20.6. The summed E-state index contributed by atoms with van der Waals surface area (Å²) < 4.78 is 0. The number of rotatable bonds is 3. The smallest absolute Gasteiger partial charge is 0.274 e. The van der Waals surface area contributed by atoms with Gasteiger partial charge in [-0.25, -0.2) is 5.48 Å². The number of hydrogen-bond acceptors (Lipinski definition) is 3. The Labute approximate surface area is 175 Å². The zero-order valence-electron chi connectivity index (χ0n) is 16.7. The Morgan fingerprint density at radius 2 is 1.83 bits per heavy atom. The first kappa shape index (κ1) is 18.8. The van der Waals surface area contributed by atoms with Gasteiger partial charge in [0.15, 0.2) is 0 Å². The Morgan fingerprint density at radius 3 is 2.67 bits per heavy atom. The molecule has 1 fully saturated rings. The molecular formula is C25H24N2O3. The molecule has 1 aliphatic carbocycles. The van der Waals surface area contributed by atoms with Crippen molar-refractivity contribution in [1.29, 1.82) is 0 Å². The van der Waals surface area contributed by atoms with Gasteiger partial charge in [0.2, 0.25) is 5.91 Å². The van der Waals surface area contributed by atoms with E-state index in [4.69, 9.17) is 5.21 Å². The Morgan fingerprint density at radius 1 is 1.00 bits per heavy atom. The van der Waals surface area contributed by atoms with E-state index < -0.39 is 5.91 Å². The molecule has 0 unspecified atom stereocenters. The summed E-state index contributed by atoms with van der Waals surface area (Å²) in [4.78, 5) is 27.2. The minimum absolute atomic E-state index is 0.221. The third-order valence-corrected chi connectivity index (χ3v) is 6.76. The quantitative estimate of drug-likeness (QED) is 0.518. The molecule has 1 aliphatic heterocycles. The summed E-state index contributed by atoms with van der Waals surface area (Å²) in [6.45, 7) is 1.39. The van der Waals surface area contributed by atoms with Crippen LogP contribution < -0.4 is 5.48 Å². The summed E-state index contributed by atoms with van der Waals surface area (Å²) in [5, 5.41) is 11.3. The Kier molecular flexibility index (Phi) is 4.55. The average molecular weight is 400 g/mol. The molecule has 0 saturated carbocycles. The summed E-state index contributed by atoms with van der Waals surface area (Å²) >= 11 is 0. The van der Waals surface area contributed by atoms with E-state index in [0.717, 1.165) is 36.9 Å². The van der Waals surface area contributed by atoms with E-state index >= 15 is 0 Å². The molecule has 2 N–H and O–H groups in total. The van der Waals surface area contributed by atoms with Crippen molar-refractivity contribution in [3.63, 3.8) is 0 Å². The first-order valence-corrected chi connectivity index (χ1v) is 10.4. The molecule has 2 aliphatic rings. The molecule has 0 radical (unpaired) electrons. The van der Waals surface area contributed by atoms with E-state index in [0.29, 0.717) is 18.5 Å². The first-order chi connectivity index (χ1) is 14.6. The largest absolute Gasteiger partial charge is 0.338 e. The molecular weight excluding hydrogens is 376 g/mol. The van der Waals surface area contributed by atoms with Crippen LogP contribution in [-0.2, 0) is 24.2 Å². The van der Waals surface area contributed by atoms with Crippen LogP contribution in [0.4, 0.5) is 0 Å². The fourth-order valence-corrected chi connectivity index (χ4v) is 5.06. The van der Waals surface area contributed by atoms with Gasteiger partial charge in [-0.15, -0.1) is 0 Å². The number of nitrogens with zero attached hydrogens (tertiary/aromatic N) is 1. The zero-order chi connectivity index (χ0) is 20.7. The predicted molar refractivity (Wildman–Crippen MR) is 114 cm³/mol. The number of amides is 2. The van der Waals surface area contributed by atoms with E-state index in [1.165, 1.54) is 16.3 Å². The molecule has 0 bridgehead atoms. The fourth-order valence-electron chi connectivity index (χ4n) is 5.06. The van der Waals surface area contributed by atoms with Crippen LogP contribution in [0.25, 0.3) is 10.8 Å². The van der Waals surface area contributed by atoms with Crippen LogP contribution >= 0.6 is 0 Å². The predicted octanol–water partition coefficient (Wildman–Crippen LogP) is 3.87. The van der Waals surface area contributed by atoms with Crippen LogP contribution in [0.2, 0.25) is 0 Å². The second kappa shape index (κ2) is 7.26. The summed E-state index contributed by atoms with van der Waals surface area (Å²) in [5.41, 5.74) is 5.12. The van der Waals surface area contributed by atoms with Crippen LogP contribution in [0.1, 0.15) is 39.9 Å². The van der Waals surface area contributed by atoms with E-state index in [9.17, 15) is 9.59 Å². The van der Waals surface area contributed by atoms with E-state index in [1.54, 1.807) is 11.5 Å². The van der Waals surface area contributed by atoms with Crippen molar-refractivity contribution in [1.82, 2.24) is 10.4 Å². The number of hydrogen-bond donors (Lipinski definition) is 2. The van der Waals surface area contributed by atoms with Crippen molar-refractivity contribution in [2.45, 2.75) is 32.2 Å². The molecule has 30 heavy (non-hydrogen) atoms. The number of benzene rings is 3. The topological polar surface area (TPSA) is 69.6 Å². The van der Waals surface area contributed by atoms with Crippen LogP contribution in [0.15, 0.2) is 60.7 Å². The molecule has 3 aromatic rings. The van der Waals surface area contributed by atoms with Gasteiger partial charge in [-0.05, 0) is 71.3 Å². The molecule has 5 rings (SSSR count). The van der Waals surface area contributed by atoms with Gasteiger partial charge in [0.25, 0.3) is 5.91 Å². The van der Waals surface area contributed by atoms with Gasteiger partial charge in [-0.1, -0.05) is 42.5 Å². The molecule has 1 heterocycles. The van der Waals surface area contributed by atoms with E-state index in [-0.39, 0.29) is 11.3 Å². The number of aryl methyl sites for hydroxylation is 1. The number of fused-ring (bicyclic) bond motifs is 2. The zero-order valence-corrected chi connectivity index (χ0v) is 16.7. The number of carbonyl (C=O) groups is 2. The lowest BCUT2D eigenvalue weighted by Crippen LogP contribution is -2.38. The van der Waals surface area contributed by atoms with E-state index in [2.05, 4.69) is 30.3 Å². The second-order valence-electron chi connectivity index (χ2n) is 8.54. The second-order valence-corrected chi connectivity index (χ2v) is 8.54. The lowest BCUT2D eigenvalue weighted by atomic mass is 9.70. The van der Waals surface area contributed by atoms with Gasteiger partial charge in [-0.3, -0.25) is 14.8 Å². The maximum Gasteiger partial charge on any atom is 0.274 e. The third-order valence-electron chi connectivity index (χ3n) is 6.76. The van der Waals surface area contributed by atoms with Crippen molar-refractivity contribution in [2.75, 3.05) is 6.54 Å². The van der Waals surface area contributed by atoms with Crippen LogP contribution in [0.5, 0.6) is 0 Å². The molecule has 3 aromatic carbocycles. The van der Waals surface area contributed by atoms with Crippen molar-refractivity contribution in [2.24, 2.45) is 5.41 Å². The van der Waals surface area contributed by atoms with Gasteiger partial charge in [-0.2, -0.15) is 0 Å². The molecule has 1 spiro atoms. The van der Waals surface area contributed by atoms with Crippen LogP contribution in [0.3, 0.4) is 0 Å². The highest BCUT2D eigenvalue weighted by Gasteiger charge is 2.48. The third kappa shape index (κ3) is 3.15. The monoisotopic (exact) mass is 400 g/mol. The van der Waals surface area contributed by atoms with Crippen molar-refractivity contribution in [3.8, 4) is 0 Å². The minimum atomic E-state index is -0.520. The van der Waals surface area contributed by atoms with Gasteiger partial charge >= 0.3 is 0 Å². The maximum atomic E-state index is 13.4. The molecule has 0 aromatic heterocycles. The SMILES string of the molecule is O=C(NO)c1ccc2c(c1)C[C@@]1(CC2)CCN(Cc2ccc3ccccc3c2)C1=O. The summed E-state index contributed by atoms with van der Waals surface area (Å²) in [6, 6.07) is 20.2. The Hall–Kier alpha value is -3.18. The van der Waals surface area contributed by atoms with Gasteiger partial charge in [0.1, 0.15) is 0 Å². The molecule has 1 saturated heterocycles. The van der Waals surface area contributed by atoms with Crippen molar-refractivity contribution in [3.05, 3.63) is 82.9 Å². The van der Waals surface area contributed by atoms with Gasteiger partial charge in [0, 0.05) is 18.7 Å². The molecule has 152 valence electrons. The Balaban J connectivity index is 1.37. The molecule has 1 atom stereocenters. The van der Waals surface area contributed by atoms with Crippen molar-refractivity contribution < 1.29 is 14.8 Å². The van der Waals surface area contributed by atoms with Crippen molar-refractivity contribution >= 4 is 22.6 Å². The first-order valence-electron chi connectivity index (χ1n) is 10.4. The minimum Gasteiger partial charge on any atom is -0.338 e. The lowest BCUT2D eigenvalue weighted by molar-refractivity contribution is -0.137. The Bertz CT molecular complexity index is 1160. The highest BCUT2D eigenvalue weighted by atomic mass is 16.5. The van der Waals surface area contributed by atoms with Gasteiger partial charge in [0.05, 0.1) is 5.41 Å². The standard InChI is InChI=1S/C25H24N2O3/c28-23(26-30)21-8-7-19-9-10-25(15-22(19)14-21)11-12-27(24(25)29)16-17-5-6-18-3-1-2-4-20(18)13-17/h1-8,13-14,30H,9-12,15-16H2,(H,26,28)/t25-/m1/s1. The maximum absolute atomic E-state index is 13.4. The average Bonchev–Trinajstić information content (AvgIpc) is 3.07. The van der Waals surface area contributed by atoms with Crippen LogP contribution in [-0.4, -0.2) is 28.5 Å². The highest BCUT2D eigenvalue weighted by molar-refractivity contribution is 5.94. The summed E-state index contributed by atoms with van der Waals surface area (Å²) in [5.74, 6) is -0.300. The summed E-state index contributed by atoms with van der Waals surface area (Å²) in [7, 11) is 0. The number of nitrogens with one attached hydrogen (secondary N) is 1. The number of likely N-dealkylation sites (tertiary alicyclic amines) is 1.